The van der Waals surface area contributed by atoms with E-state index in [1.165, 1.54) is 18.0 Å². The quantitative estimate of drug-likeness (QED) is 0.458. The number of rotatable bonds is 7. The lowest BCUT2D eigenvalue weighted by atomic mass is 10.1. The molecule has 122 valence electrons. The van der Waals surface area contributed by atoms with Gasteiger partial charge < -0.3 is 15.2 Å². The molecule has 0 unspecified atom stereocenters. The van der Waals surface area contributed by atoms with Gasteiger partial charge in [-0.05, 0) is 37.3 Å². The minimum absolute atomic E-state index is 0.242. The Morgan fingerprint density at radius 2 is 2.09 bits per heavy atom. The third-order valence-electron chi connectivity index (χ3n) is 3.09. The lowest BCUT2D eigenvalue weighted by molar-refractivity contribution is 0.0526. The maximum Gasteiger partial charge on any atom is 0.343 e. The zero-order chi connectivity index (χ0) is 16.7. The van der Waals surface area contributed by atoms with Gasteiger partial charge in [0.05, 0.1) is 6.61 Å². The van der Waals surface area contributed by atoms with Crippen LogP contribution in [0.15, 0.2) is 35.6 Å². The van der Waals surface area contributed by atoms with E-state index in [0.717, 1.165) is 12.0 Å². The Labute approximate surface area is 139 Å². The summed E-state index contributed by atoms with van der Waals surface area (Å²) in [6.45, 7) is 2.66. The number of aromatic nitrogens is 2. The Morgan fingerprint density at radius 3 is 2.74 bits per heavy atom. The molecule has 0 saturated heterocycles. The first-order valence-corrected chi connectivity index (χ1v) is 8.46. The van der Waals surface area contributed by atoms with Crippen molar-refractivity contribution in [1.29, 1.82) is 0 Å². The second-order valence-electron chi connectivity index (χ2n) is 4.68. The number of nitrogens with one attached hydrogen (secondary N) is 1. The predicted octanol–water partition coefficient (Wildman–Crippen LogP) is 2.74. The van der Waals surface area contributed by atoms with Gasteiger partial charge in [-0.15, -0.1) is 0 Å². The SMILES string of the molecule is CCOC(=O)c1cnc(SC)nc1NCCc1ccc(O)cc1. The van der Waals surface area contributed by atoms with Crippen LogP contribution in [0.5, 0.6) is 5.75 Å². The highest BCUT2D eigenvalue weighted by Gasteiger charge is 2.15. The first-order valence-electron chi connectivity index (χ1n) is 7.24. The summed E-state index contributed by atoms with van der Waals surface area (Å²) >= 11 is 1.41. The topological polar surface area (TPSA) is 84.3 Å². The molecule has 0 fully saturated rings. The van der Waals surface area contributed by atoms with E-state index in [4.69, 9.17) is 4.74 Å². The summed E-state index contributed by atoms with van der Waals surface area (Å²) < 4.78 is 5.03. The second kappa shape index (κ2) is 8.38. The van der Waals surface area contributed by atoms with Gasteiger partial charge in [0.1, 0.15) is 17.1 Å². The maximum absolute atomic E-state index is 12.0. The molecule has 0 radical (unpaired) electrons. The number of phenols is 1. The highest BCUT2D eigenvalue weighted by atomic mass is 32.2. The molecule has 0 aliphatic carbocycles. The normalized spacial score (nSPS) is 10.3. The first-order chi connectivity index (χ1) is 11.1. The van der Waals surface area contributed by atoms with Crippen LogP contribution in [0.1, 0.15) is 22.8 Å². The number of carbonyl (C=O) groups excluding carboxylic acids is 1. The molecule has 2 N–H and O–H groups in total. The lowest BCUT2D eigenvalue weighted by Crippen LogP contribution is -2.14. The Hall–Kier alpha value is -2.28. The summed E-state index contributed by atoms with van der Waals surface area (Å²) in [6.07, 6.45) is 4.10. The van der Waals surface area contributed by atoms with Crippen molar-refractivity contribution >= 4 is 23.5 Å². The fraction of sp³-hybridized carbons (Fsp3) is 0.312. The van der Waals surface area contributed by atoms with E-state index in [1.807, 2.05) is 18.4 Å². The Bertz CT molecular complexity index is 662. The van der Waals surface area contributed by atoms with Gasteiger partial charge in [0.2, 0.25) is 0 Å². The van der Waals surface area contributed by atoms with E-state index in [0.29, 0.717) is 29.7 Å². The third-order valence-corrected chi connectivity index (χ3v) is 3.65. The zero-order valence-electron chi connectivity index (χ0n) is 13.1. The summed E-state index contributed by atoms with van der Waals surface area (Å²) in [5.41, 5.74) is 1.41. The molecule has 1 aromatic heterocycles. The summed E-state index contributed by atoms with van der Waals surface area (Å²) in [5, 5.41) is 13.0. The molecule has 0 atom stereocenters. The number of hydrogen-bond donors (Lipinski definition) is 2. The minimum Gasteiger partial charge on any atom is -0.508 e. The van der Waals surface area contributed by atoms with Crippen LogP contribution < -0.4 is 5.32 Å². The highest BCUT2D eigenvalue weighted by molar-refractivity contribution is 7.98. The number of hydrogen-bond acceptors (Lipinski definition) is 7. The molecule has 2 rings (SSSR count). The number of anilines is 1. The molecule has 6 nitrogen and oxygen atoms in total. The van der Waals surface area contributed by atoms with Gasteiger partial charge in [-0.1, -0.05) is 23.9 Å². The fourth-order valence-corrected chi connectivity index (χ4v) is 2.29. The summed E-state index contributed by atoms with van der Waals surface area (Å²) in [7, 11) is 0. The molecule has 0 aliphatic rings. The van der Waals surface area contributed by atoms with Gasteiger partial charge in [-0.25, -0.2) is 14.8 Å². The molecule has 1 heterocycles. The standard InChI is InChI=1S/C16H19N3O3S/c1-3-22-15(21)13-10-18-16(23-2)19-14(13)17-9-8-11-4-6-12(20)7-5-11/h4-7,10,20H,3,8-9H2,1-2H3,(H,17,18,19). The molecular weight excluding hydrogens is 314 g/mol. The van der Waals surface area contributed by atoms with Crippen LogP contribution in [-0.4, -0.2) is 40.5 Å². The van der Waals surface area contributed by atoms with E-state index in [9.17, 15) is 9.90 Å². The van der Waals surface area contributed by atoms with Gasteiger partial charge in [0.15, 0.2) is 5.16 Å². The summed E-state index contributed by atoms with van der Waals surface area (Å²) in [4.78, 5) is 20.4. The molecule has 0 saturated carbocycles. The van der Waals surface area contributed by atoms with E-state index in [2.05, 4.69) is 15.3 Å². The first kappa shape index (κ1) is 17.1. The van der Waals surface area contributed by atoms with Gasteiger partial charge in [-0.2, -0.15) is 0 Å². The Balaban J connectivity index is 2.07. The van der Waals surface area contributed by atoms with Crippen LogP contribution in [0, 0.1) is 0 Å². The molecule has 0 amide bonds. The second-order valence-corrected chi connectivity index (χ2v) is 5.46. The number of ether oxygens (including phenoxy) is 1. The van der Waals surface area contributed by atoms with Crippen molar-refractivity contribution in [3.8, 4) is 5.75 Å². The van der Waals surface area contributed by atoms with Crippen LogP contribution in [0.25, 0.3) is 0 Å². The van der Waals surface area contributed by atoms with Gasteiger partial charge >= 0.3 is 5.97 Å². The van der Waals surface area contributed by atoms with Crippen molar-refractivity contribution in [1.82, 2.24) is 9.97 Å². The Morgan fingerprint density at radius 1 is 1.35 bits per heavy atom. The van der Waals surface area contributed by atoms with E-state index < -0.39 is 5.97 Å². The molecule has 0 aliphatic heterocycles. The van der Waals surface area contributed by atoms with E-state index >= 15 is 0 Å². The van der Waals surface area contributed by atoms with Crippen molar-refractivity contribution in [3.05, 3.63) is 41.6 Å². The monoisotopic (exact) mass is 333 g/mol. The molecule has 2 aromatic rings. The fourth-order valence-electron chi connectivity index (χ4n) is 1.94. The molecule has 1 aromatic carbocycles. The number of thioether (sulfide) groups is 1. The zero-order valence-corrected chi connectivity index (χ0v) is 13.9. The van der Waals surface area contributed by atoms with Crippen LogP contribution in [0.3, 0.4) is 0 Å². The van der Waals surface area contributed by atoms with Crippen molar-refractivity contribution in [2.45, 2.75) is 18.5 Å². The van der Waals surface area contributed by atoms with Gasteiger partial charge in [0.25, 0.3) is 0 Å². The molecule has 0 spiro atoms. The number of phenolic OH excluding ortho intramolecular Hbond substituents is 1. The maximum atomic E-state index is 12.0. The van der Waals surface area contributed by atoms with Crippen LogP contribution in [-0.2, 0) is 11.2 Å². The number of carbonyl (C=O) groups is 1. The van der Waals surface area contributed by atoms with Crippen molar-refractivity contribution in [2.75, 3.05) is 24.7 Å². The number of esters is 1. The van der Waals surface area contributed by atoms with Gasteiger partial charge in [0, 0.05) is 12.7 Å². The molecule has 7 heteroatoms. The van der Waals surface area contributed by atoms with Crippen molar-refractivity contribution in [3.63, 3.8) is 0 Å². The van der Waals surface area contributed by atoms with E-state index in [1.54, 1.807) is 19.1 Å². The molecule has 0 bridgehead atoms. The van der Waals surface area contributed by atoms with Gasteiger partial charge in [-0.3, -0.25) is 0 Å². The number of benzene rings is 1. The highest BCUT2D eigenvalue weighted by Crippen LogP contribution is 2.18. The van der Waals surface area contributed by atoms with E-state index in [-0.39, 0.29) is 5.75 Å². The van der Waals surface area contributed by atoms with Crippen LogP contribution in [0.4, 0.5) is 5.82 Å². The smallest absolute Gasteiger partial charge is 0.343 e. The summed E-state index contributed by atoms with van der Waals surface area (Å²) in [5.74, 6) is 0.278. The molecule has 23 heavy (non-hydrogen) atoms. The van der Waals surface area contributed by atoms with Crippen LogP contribution in [0.2, 0.25) is 0 Å². The largest absolute Gasteiger partial charge is 0.508 e. The predicted molar refractivity (Wildman–Crippen MR) is 90.1 cm³/mol. The average Bonchev–Trinajstić information content (AvgIpc) is 2.56. The number of aromatic hydroxyl groups is 1. The Kier molecular flexibility index (Phi) is 6.22. The summed E-state index contributed by atoms with van der Waals surface area (Å²) in [6, 6.07) is 7.01. The average molecular weight is 333 g/mol. The van der Waals surface area contributed by atoms with Crippen molar-refractivity contribution in [2.24, 2.45) is 0 Å². The minimum atomic E-state index is -0.438. The lowest BCUT2D eigenvalue weighted by Gasteiger charge is -2.11. The number of nitrogens with zero attached hydrogens (tertiary/aromatic N) is 2. The van der Waals surface area contributed by atoms with Crippen LogP contribution >= 0.6 is 11.8 Å². The molecular formula is C16H19N3O3S. The third kappa shape index (κ3) is 4.85. The van der Waals surface area contributed by atoms with Crippen molar-refractivity contribution < 1.29 is 14.6 Å².